The zero-order valence-corrected chi connectivity index (χ0v) is 9.32. The van der Waals surface area contributed by atoms with Crippen molar-refractivity contribution >= 4 is 6.03 Å². The van der Waals surface area contributed by atoms with Gasteiger partial charge in [-0.15, -0.1) is 0 Å². The van der Waals surface area contributed by atoms with E-state index in [4.69, 9.17) is 15.2 Å². The van der Waals surface area contributed by atoms with Gasteiger partial charge in [0.2, 0.25) is 0 Å². The molecule has 0 unspecified atom stereocenters. The molecule has 0 aliphatic heterocycles. The third-order valence-corrected chi connectivity index (χ3v) is 1.44. The van der Waals surface area contributed by atoms with Crippen LogP contribution in [-0.2, 0) is 9.47 Å². The minimum atomic E-state index is -0.536. The van der Waals surface area contributed by atoms with Crippen molar-refractivity contribution < 1.29 is 14.3 Å². The SMILES string of the molecule is CC(C)OCN(COC(C)C)C(N)=O. The molecule has 5 heteroatoms. The molecule has 0 saturated heterocycles. The average Bonchev–Trinajstić information content (AvgIpc) is 2.02. The van der Waals surface area contributed by atoms with E-state index in [0.29, 0.717) is 0 Å². The van der Waals surface area contributed by atoms with Gasteiger partial charge in [-0.3, -0.25) is 4.90 Å². The molecule has 0 heterocycles. The summed E-state index contributed by atoms with van der Waals surface area (Å²) in [7, 11) is 0. The predicted octanol–water partition coefficient (Wildman–Crippen LogP) is 1.13. The van der Waals surface area contributed by atoms with E-state index in [9.17, 15) is 4.79 Å². The average molecular weight is 204 g/mol. The molecule has 0 bridgehead atoms. The van der Waals surface area contributed by atoms with Crippen molar-refractivity contribution in [1.82, 2.24) is 4.90 Å². The highest BCUT2D eigenvalue weighted by molar-refractivity contribution is 5.71. The maximum absolute atomic E-state index is 10.9. The second-order valence-corrected chi connectivity index (χ2v) is 3.57. The number of amides is 2. The van der Waals surface area contributed by atoms with Crippen molar-refractivity contribution in [3.63, 3.8) is 0 Å². The first-order chi connectivity index (χ1) is 6.43. The van der Waals surface area contributed by atoms with Crippen molar-refractivity contribution in [2.75, 3.05) is 13.5 Å². The molecule has 0 radical (unpaired) electrons. The minimum absolute atomic E-state index is 0.0656. The smallest absolute Gasteiger partial charge is 0.318 e. The Labute approximate surface area is 85.1 Å². The van der Waals surface area contributed by atoms with Gasteiger partial charge in [0, 0.05) is 0 Å². The van der Waals surface area contributed by atoms with E-state index in [-0.39, 0.29) is 25.7 Å². The van der Waals surface area contributed by atoms with Gasteiger partial charge in [0.1, 0.15) is 13.5 Å². The first-order valence-electron chi connectivity index (χ1n) is 4.71. The molecule has 0 aliphatic carbocycles. The summed E-state index contributed by atoms with van der Waals surface area (Å²) in [6.45, 7) is 7.90. The Bertz CT molecular complexity index is 159. The van der Waals surface area contributed by atoms with Crippen LogP contribution in [0.4, 0.5) is 4.79 Å². The zero-order chi connectivity index (χ0) is 11.1. The Morgan fingerprint density at radius 3 is 1.71 bits per heavy atom. The van der Waals surface area contributed by atoms with Gasteiger partial charge >= 0.3 is 6.03 Å². The summed E-state index contributed by atoms with van der Waals surface area (Å²) in [6, 6.07) is -0.536. The number of ether oxygens (including phenoxy) is 2. The van der Waals surface area contributed by atoms with Crippen LogP contribution in [0.1, 0.15) is 27.7 Å². The first-order valence-corrected chi connectivity index (χ1v) is 4.71. The highest BCUT2D eigenvalue weighted by Crippen LogP contribution is 1.96. The van der Waals surface area contributed by atoms with E-state index in [1.807, 2.05) is 27.7 Å². The second kappa shape index (κ2) is 6.62. The van der Waals surface area contributed by atoms with Gasteiger partial charge in [0.15, 0.2) is 0 Å². The van der Waals surface area contributed by atoms with E-state index in [1.54, 1.807) is 0 Å². The lowest BCUT2D eigenvalue weighted by atomic mass is 10.5. The zero-order valence-electron chi connectivity index (χ0n) is 9.32. The fraction of sp³-hybridized carbons (Fsp3) is 0.889. The van der Waals surface area contributed by atoms with Crippen LogP contribution in [0.2, 0.25) is 0 Å². The van der Waals surface area contributed by atoms with Gasteiger partial charge in [-0.1, -0.05) is 0 Å². The molecule has 84 valence electrons. The van der Waals surface area contributed by atoms with Crippen molar-refractivity contribution in [3.05, 3.63) is 0 Å². The molecule has 14 heavy (non-hydrogen) atoms. The molecule has 0 spiro atoms. The lowest BCUT2D eigenvalue weighted by Gasteiger charge is -2.22. The van der Waals surface area contributed by atoms with Gasteiger partial charge in [-0.2, -0.15) is 0 Å². The maximum atomic E-state index is 10.9. The number of hydrogen-bond acceptors (Lipinski definition) is 3. The van der Waals surface area contributed by atoms with Crippen molar-refractivity contribution in [2.24, 2.45) is 5.73 Å². The Hall–Kier alpha value is -0.810. The Kier molecular flexibility index (Phi) is 6.23. The lowest BCUT2D eigenvalue weighted by Crippen LogP contribution is -2.40. The highest BCUT2D eigenvalue weighted by Gasteiger charge is 2.10. The monoisotopic (exact) mass is 204 g/mol. The second-order valence-electron chi connectivity index (χ2n) is 3.57. The molecular weight excluding hydrogens is 184 g/mol. The van der Waals surface area contributed by atoms with E-state index in [2.05, 4.69) is 0 Å². The molecule has 0 fully saturated rings. The molecule has 0 rings (SSSR count). The first kappa shape index (κ1) is 13.2. The summed E-state index contributed by atoms with van der Waals surface area (Å²) in [5, 5.41) is 0. The number of nitrogens with two attached hydrogens (primary N) is 1. The molecule has 2 amide bonds. The van der Waals surface area contributed by atoms with Gasteiger partial charge in [0.05, 0.1) is 12.2 Å². The van der Waals surface area contributed by atoms with Gasteiger partial charge in [0.25, 0.3) is 0 Å². The summed E-state index contributed by atoms with van der Waals surface area (Å²) in [5.74, 6) is 0. The van der Waals surface area contributed by atoms with E-state index < -0.39 is 6.03 Å². The van der Waals surface area contributed by atoms with Gasteiger partial charge < -0.3 is 15.2 Å². The molecule has 0 saturated carbocycles. The molecule has 0 aromatic rings. The van der Waals surface area contributed by atoms with Gasteiger partial charge in [-0.05, 0) is 27.7 Å². The Morgan fingerprint density at radius 1 is 1.14 bits per heavy atom. The van der Waals surface area contributed by atoms with Crippen molar-refractivity contribution in [1.29, 1.82) is 0 Å². The van der Waals surface area contributed by atoms with Crippen molar-refractivity contribution in [2.45, 2.75) is 39.9 Å². The van der Waals surface area contributed by atoms with Crippen molar-refractivity contribution in [3.8, 4) is 0 Å². The molecule has 5 nitrogen and oxygen atoms in total. The van der Waals surface area contributed by atoms with E-state index in [1.165, 1.54) is 4.90 Å². The lowest BCUT2D eigenvalue weighted by molar-refractivity contribution is -0.0527. The molecule has 2 N–H and O–H groups in total. The topological polar surface area (TPSA) is 64.8 Å². The Morgan fingerprint density at radius 2 is 1.50 bits per heavy atom. The molecule has 0 aliphatic rings. The summed E-state index contributed by atoms with van der Waals surface area (Å²) < 4.78 is 10.5. The molecule has 0 aromatic carbocycles. The Balaban J connectivity index is 3.84. The summed E-state index contributed by atoms with van der Waals surface area (Å²) >= 11 is 0. The number of rotatable bonds is 6. The highest BCUT2D eigenvalue weighted by atomic mass is 16.5. The predicted molar refractivity (Wildman–Crippen MR) is 53.6 cm³/mol. The van der Waals surface area contributed by atoms with Crippen LogP contribution in [0.25, 0.3) is 0 Å². The van der Waals surface area contributed by atoms with E-state index >= 15 is 0 Å². The molecule has 0 atom stereocenters. The van der Waals surface area contributed by atoms with Crippen LogP contribution in [0, 0.1) is 0 Å². The van der Waals surface area contributed by atoms with Crippen LogP contribution >= 0.6 is 0 Å². The number of primary amides is 1. The third-order valence-electron chi connectivity index (χ3n) is 1.44. The fourth-order valence-electron chi connectivity index (χ4n) is 0.643. The standard InChI is InChI=1S/C9H20N2O3/c1-7(2)13-5-11(9(10)12)6-14-8(3)4/h7-8H,5-6H2,1-4H3,(H2,10,12). The number of nitrogens with zero attached hydrogens (tertiary/aromatic N) is 1. The quantitative estimate of drug-likeness (QED) is 0.660. The van der Waals surface area contributed by atoms with Crippen LogP contribution in [0.3, 0.4) is 0 Å². The van der Waals surface area contributed by atoms with Crippen LogP contribution < -0.4 is 5.73 Å². The largest absolute Gasteiger partial charge is 0.358 e. The summed E-state index contributed by atoms with van der Waals surface area (Å²) in [5.41, 5.74) is 5.14. The number of hydrogen-bond donors (Lipinski definition) is 1. The van der Waals surface area contributed by atoms with E-state index in [0.717, 1.165) is 0 Å². The fourth-order valence-corrected chi connectivity index (χ4v) is 0.643. The maximum Gasteiger partial charge on any atom is 0.318 e. The number of urea groups is 1. The van der Waals surface area contributed by atoms with Gasteiger partial charge in [-0.25, -0.2) is 4.79 Å². The number of carbonyl (C=O) groups is 1. The van der Waals surface area contributed by atoms with Crippen LogP contribution in [-0.4, -0.2) is 36.6 Å². The summed E-state index contributed by atoms with van der Waals surface area (Å²) in [6.07, 6.45) is 0.131. The third kappa shape index (κ3) is 6.68. The molecular formula is C9H20N2O3. The van der Waals surface area contributed by atoms with Crippen LogP contribution in [0.15, 0.2) is 0 Å². The normalized spacial score (nSPS) is 11.0. The minimum Gasteiger partial charge on any atom is -0.358 e. The molecule has 0 aromatic heterocycles. The number of carbonyl (C=O) groups excluding carboxylic acids is 1. The summed E-state index contributed by atoms with van der Waals surface area (Å²) in [4.78, 5) is 12.2. The van der Waals surface area contributed by atoms with Crippen LogP contribution in [0.5, 0.6) is 0 Å².